The highest BCUT2D eigenvalue weighted by Crippen LogP contribution is 2.37. The summed E-state index contributed by atoms with van der Waals surface area (Å²) in [5, 5.41) is 34.6. The molecule has 252 valence electrons. The SMILES string of the molecule is N#Cc1cc(-c2ccnc(Nc3ccc(N4CCN(C5COC5)CC4)cc3)n2)ccc1OC1CCNCC1(C(=O)[C@@H](O)F)C(=O)[C@@H](O)F. The van der Waals surface area contributed by atoms with Gasteiger partial charge in [0.15, 0.2) is 0 Å². The van der Waals surface area contributed by atoms with Crippen LogP contribution in [-0.2, 0) is 14.3 Å². The fraction of sp³-hybridized carbons (Fsp3) is 0.424. The number of aliphatic hydroxyl groups is 2. The molecule has 0 radical (unpaired) electrons. The molecule has 2 aromatic carbocycles. The molecule has 4 N–H and O–H groups in total. The standard InChI is InChI=1S/C33H35F2N7O6/c34-30(45)28(43)33(29(44)31(35)46)19-37-9-8-27(33)48-26-6-1-20(15-21(26)16-36)25-7-10-38-32(40-25)39-22-2-4-23(5-3-22)41-11-13-42(14-12-41)24-17-47-18-24/h1-7,10,15,24,27,30-31,37,45-46H,8-9,11-14,17-19H2,(H,38,39,40)/t27?,30-,31-/m1/s1. The van der Waals surface area contributed by atoms with E-state index in [1.807, 2.05) is 30.3 Å². The third-order valence-corrected chi connectivity index (χ3v) is 9.11. The molecule has 4 heterocycles. The lowest BCUT2D eigenvalue weighted by molar-refractivity contribution is -0.169. The van der Waals surface area contributed by atoms with Crippen LogP contribution in [0, 0.1) is 16.7 Å². The van der Waals surface area contributed by atoms with E-state index in [0.29, 0.717) is 23.2 Å². The van der Waals surface area contributed by atoms with Gasteiger partial charge in [-0.1, -0.05) is 0 Å². The maximum absolute atomic E-state index is 13.8. The third kappa shape index (κ3) is 6.71. The minimum absolute atomic E-state index is 0.00742. The van der Waals surface area contributed by atoms with Crippen LogP contribution in [0.1, 0.15) is 12.0 Å². The van der Waals surface area contributed by atoms with Gasteiger partial charge in [0.05, 0.1) is 30.5 Å². The van der Waals surface area contributed by atoms with Gasteiger partial charge >= 0.3 is 0 Å². The van der Waals surface area contributed by atoms with Crippen LogP contribution >= 0.6 is 0 Å². The molecule has 1 aromatic heterocycles. The van der Waals surface area contributed by atoms with Crippen molar-refractivity contribution in [1.29, 1.82) is 5.26 Å². The summed E-state index contributed by atoms with van der Waals surface area (Å²) in [5.74, 6) is -3.04. The van der Waals surface area contributed by atoms with Crippen molar-refractivity contribution >= 4 is 28.9 Å². The van der Waals surface area contributed by atoms with Crippen molar-refractivity contribution in [3.63, 3.8) is 0 Å². The zero-order valence-electron chi connectivity index (χ0n) is 25.9. The van der Waals surface area contributed by atoms with E-state index in [0.717, 1.165) is 50.8 Å². The molecular formula is C33H35F2N7O6. The van der Waals surface area contributed by atoms with E-state index in [1.54, 1.807) is 18.3 Å². The molecule has 6 rings (SSSR count). The molecule has 3 aliphatic heterocycles. The molecular weight excluding hydrogens is 628 g/mol. The maximum Gasteiger partial charge on any atom is 0.257 e. The Labute approximate surface area is 275 Å². The lowest BCUT2D eigenvalue weighted by atomic mass is 9.70. The third-order valence-electron chi connectivity index (χ3n) is 9.11. The molecule has 3 atom stereocenters. The molecule has 0 spiro atoms. The largest absolute Gasteiger partial charge is 0.487 e. The number of nitriles is 1. The number of piperidine rings is 1. The van der Waals surface area contributed by atoms with Crippen LogP contribution in [0.25, 0.3) is 11.3 Å². The molecule has 0 saturated carbocycles. The lowest BCUT2D eigenvalue weighted by Gasteiger charge is -2.43. The fourth-order valence-electron chi connectivity index (χ4n) is 6.35. The number of nitrogens with zero attached hydrogens (tertiary/aromatic N) is 5. The normalized spacial score (nSPS) is 21.0. The van der Waals surface area contributed by atoms with E-state index in [9.17, 15) is 33.8 Å². The Morgan fingerprint density at radius 1 is 1.06 bits per heavy atom. The van der Waals surface area contributed by atoms with Crippen molar-refractivity contribution < 1.29 is 38.1 Å². The number of hydrogen-bond donors (Lipinski definition) is 4. The summed E-state index contributed by atoms with van der Waals surface area (Å²) in [5.41, 5.74) is 0.334. The van der Waals surface area contributed by atoms with E-state index >= 15 is 0 Å². The number of Topliss-reactive ketones (excluding diaryl/α,β-unsaturated/α-hetero) is 2. The van der Waals surface area contributed by atoms with Gasteiger partial charge < -0.3 is 35.2 Å². The summed E-state index contributed by atoms with van der Waals surface area (Å²) in [7, 11) is 0. The first-order valence-corrected chi connectivity index (χ1v) is 15.6. The van der Waals surface area contributed by atoms with Gasteiger partial charge in [-0.25, -0.2) is 18.7 Å². The molecule has 15 heteroatoms. The molecule has 3 fully saturated rings. The number of ether oxygens (including phenoxy) is 2. The highest BCUT2D eigenvalue weighted by Gasteiger charge is 2.58. The Kier molecular flexibility index (Phi) is 9.90. The van der Waals surface area contributed by atoms with E-state index in [1.165, 1.54) is 12.1 Å². The number of aromatic nitrogens is 2. The monoisotopic (exact) mass is 663 g/mol. The maximum atomic E-state index is 13.8. The van der Waals surface area contributed by atoms with Gasteiger partial charge in [-0.05, 0) is 61.5 Å². The summed E-state index contributed by atoms with van der Waals surface area (Å²) in [4.78, 5) is 39.2. The van der Waals surface area contributed by atoms with Crippen molar-refractivity contribution in [2.24, 2.45) is 5.41 Å². The molecule has 3 saturated heterocycles. The quantitative estimate of drug-likeness (QED) is 0.219. The Morgan fingerprint density at radius 3 is 2.40 bits per heavy atom. The zero-order chi connectivity index (χ0) is 33.8. The Bertz CT molecular complexity index is 1650. The highest BCUT2D eigenvalue weighted by atomic mass is 19.1. The fourth-order valence-corrected chi connectivity index (χ4v) is 6.35. The Morgan fingerprint density at radius 2 is 1.77 bits per heavy atom. The number of nitrogens with one attached hydrogen (secondary N) is 2. The van der Waals surface area contributed by atoms with Crippen LogP contribution in [0.5, 0.6) is 5.75 Å². The number of alkyl halides is 2. The minimum atomic E-state index is -3.12. The number of carbonyl (C=O) groups is 2. The second-order valence-electron chi connectivity index (χ2n) is 11.9. The van der Waals surface area contributed by atoms with Crippen molar-refractivity contribution in [3.8, 4) is 23.1 Å². The number of piperazine rings is 1. The summed E-state index contributed by atoms with van der Waals surface area (Å²) in [6.45, 7) is 5.14. The molecule has 48 heavy (non-hydrogen) atoms. The van der Waals surface area contributed by atoms with Crippen LogP contribution < -0.4 is 20.3 Å². The van der Waals surface area contributed by atoms with Gasteiger partial charge in [0, 0.05) is 55.9 Å². The van der Waals surface area contributed by atoms with E-state index < -0.39 is 42.3 Å². The van der Waals surface area contributed by atoms with Crippen LogP contribution in [-0.4, -0.2) is 114 Å². The van der Waals surface area contributed by atoms with Gasteiger partial charge in [0.25, 0.3) is 12.7 Å². The minimum Gasteiger partial charge on any atom is -0.487 e. The molecule has 0 amide bonds. The Hall–Kier alpha value is -4.59. The van der Waals surface area contributed by atoms with Gasteiger partial charge in [0.1, 0.15) is 23.3 Å². The van der Waals surface area contributed by atoms with Gasteiger partial charge in [-0.3, -0.25) is 14.5 Å². The highest BCUT2D eigenvalue weighted by molar-refractivity contribution is 6.10. The number of ketones is 2. The second kappa shape index (κ2) is 14.3. The van der Waals surface area contributed by atoms with Gasteiger partial charge in [-0.15, -0.1) is 0 Å². The van der Waals surface area contributed by atoms with Crippen molar-refractivity contribution in [2.45, 2.75) is 31.3 Å². The first kappa shape index (κ1) is 33.3. The van der Waals surface area contributed by atoms with E-state index in [2.05, 4.69) is 30.4 Å². The van der Waals surface area contributed by atoms with Gasteiger partial charge in [-0.2, -0.15) is 5.26 Å². The molecule has 13 nitrogen and oxygen atoms in total. The zero-order valence-corrected chi connectivity index (χ0v) is 25.9. The lowest BCUT2D eigenvalue weighted by Crippen LogP contribution is -2.64. The summed E-state index contributed by atoms with van der Waals surface area (Å²) in [6, 6.07) is 16.7. The predicted octanol–water partition coefficient (Wildman–Crippen LogP) is 1.72. The summed E-state index contributed by atoms with van der Waals surface area (Å²) >= 11 is 0. The van der Waals surface area contributed by atoms with Crippen LogP contribution in [0.15, 0.2) is 54.7 Å². The van der Waals surface area contributed by atoms with E-state index in [4.69, 9.17) is 9.47 Å². The van der Waals surface area contributed by atoms with Crippen molar-refractivity contribution in [2.75, 3.05) is 62.7 Å². The molecule has 0 bridgehead atoms. The van der Waals surface area contributed by atoms with Crippen LogP contribution in [0.2, 0.25) is 0 Å². The van der Waals surface area contributed by atoms with Crippen LogP contribution in [0.3, 0.4) is 0 Å². The number of hydrogen-bond acceptors (Lipinski definition) is 13. The molecule has 1 unspecified atom stereocenters. The summed E-state index contributed by atoms with van der Waals surface area (Å²) < 4.78 is 38.9. The Balaban J connectivity index is 1.15. The second-order valence-corrected chi connectivity index (χ2v) is 11.9. The van der Waals surface area contributed by atoms with E-state index in [-0.39, 0.29) is 24.3 Å². The van der Waals surface area contributed by atoms with Gasteiger partial charge in [0.2, 0.25) is 17.5 Å². The average molecular weight is 664 g/mol. The molecule has 3 aliphatic rings. The number of rotatable bonds is 11. The van der Waals surface area contributed by atoms with Crippen LogP contribution in [0.4, 0.5) is 26.1 Å². The van der Waals surface area contributed by atoms with Crippen molar-refractivity contribution in [1.82, 2.24) is 20.2 Å². The predicted molar refractivity (Wildman–Crippen MR) is 169 cm³/mol. The topological polar surface area (TPSA) is 173 Å². The number of benzene rings is 2. The number of aliphatic hydroxyl groups excluding tert-OH is 2. The summed E-state index contributed by atoms with van der Waals surface area (Å²) in [6.07, 6.45) is -6.25. The number of anilines is 3. The number of halogens is 2. The first-order chi connectivity index (χ1) is 23.2. The molecule has 3 aromatic rings. The van der Waals surface area contributed by atoms with Crippen molar-refractivity contribution in [3.05, 3.63) is 60.3 Å². The average Bonchev–Trinajstić information content (AvgIpc) is 3.08. The first-order valence-electron chi connectivity index (χ1n) is 15.6. The molecule has 0 aliphatic carbocycles. The number of carbonyl (C=O) groups excluding carboxylic acids is 2. The smallest absolute Gasteiger partial charge is 0.257 e.